The molecule has 0 aromatic heterocycles. The van der Waals surface area contributed by atoms with E-state index in [4.69, 9.17) is 16.7 Å². The fraction of sp³-hybridized carbons (Fsp3) is 0.188. The summed E-state index contributed by atoms with van der Waals surface area (Å²) >= 11 is 5.96. The van der Waals surface area contributed by atoms with E-state index in [-0.39, 0.29) is 12.1 Å². The molecule has 5 nitrogen and oxygen atoms in total. The van der Waals surface area contributed by atoms with Crippen molar-refractivity contribution in [2.75, 3.05) is 0 Å². The molecule has 1 N–H and O–H groups in total. The van der Waals surface area contributed by atoms with Crippen molar-refractivity contribution in [3.8, 4) is 11.1 Å². The number of carboxylic acids is 1. The fourth-order valence-corrected chi connectivity index (χ4v) is 2.52. The molecule has 0 saturated heterocycles. The zero-order chi connectivity index (χ0) is 16.1. The van der Waals surface area contributed by atoms with Gasteiger partial charge in [-0.3, -0.25) is 14.9 Å². The van der Waals surface area contributed by atoms with Gasteiger partial charge in [0.2, 0.25) is 0 Å². The Morgan fingerprint density at radius 1 is 1.18 bits per heavy atom. The lowest BCUT2D eigenvalue weighted by atomic mass is 10.0. The van der Waals surface area contributed by atoms with Crippen molar-refractivity contribution in [2.24, 2.45) is 0 Å². The standard InChI is InChI=1S/C16H14ClNO4/c17-13(10-16(19)20)9-11-5-7-12(8-6-11)14-3-1-2-4-15(14)18(21)22/h1-8,13H,9-10H2,(H,19,20). The molecular formula is C16H14ClNO4. The van der Waals surface area contributed by atoms with E-state index in [0.717, 1.165) is 11.1 Å². The summed E-state index contributed by atoms with van der Waals surface area (Å²) in [6.07, 6.45) is 0.332. The molecule has 1 unspecified atom stereocenters. The molecule has 0 amide bonds. The Hall–Kier alpha value is -2.40. The Morgan fingerprint density at radius 3 is 2.41 bits per heavy atom. The van der Waals surface area contributed by atoms with Crippen molar-refractivity contribution in [1.82, 2.24) is 0 Å². The molecule has 0 aliphatic rings. The summed E-state index contributed by atoms with van der Waals surface area (Å²) in [5.41, 5.74) is 2.23. The minimum absolute atomic E-state index is 0.0522. The Balaban J connectivity index is 2.19. The molecule has 0 aliphatic carbocycles. The molecule has 2 aromatic rings. The summed E-state index contributed by atoms with van der Waals surface area (Å²) in [7, 11) is 0. The smallest absolute Gasteiger partial charge is 0.304 e. The number of halogens is 1. The molecule has 0 heterocycles. The van der Waals surface area contributed by atoms with Crippen molar-refractivity contribution < 1.29 is 14.8 Å². The van der Waals surface area contributed by atoms with Gasteiger partial charge in [-0.05, 0) is 23.6 Å². The highest BCUT2D eigenvalue weighted by Crippen LogP contribution is 2.29. The average molecular weight is 320 g/mol. The van der Waals surface area contributed by atoms with E-state index in [1.54, 1.807) is 30.3 Å². The van der Waals surface area contributed by atoms with Gasteiger partial charge in [-0.1, -0.05) is 36.4 Å². The van der Waals surface area contributed by atoms with E-state index in [9.17, 15) is 14.9 Å². The van der Waals surface area contributed by atoms with Crippen LogP contribution >= 0.6 is 11.6 Å². The van der Waals surface area contributed by atoms with Crippen LogP contribution in [0.1, 0.15) is 12.0 Å². The summed E-state index contributed by atoms with van der Waals surface area (Å²) in [6.45, 7) is 0. The number of para-hydroxylation sites is 1. The molecular weight excluding hydrogens is 306 g/mol. The van der Waals surface area contributed by atoms with Crippen LogP contribution in [0, 0.1) is 10.1 Å². The van der Waals surface area contributed by atoms with E-state index >= 15 is 0 Å². The van der Waals surface area contributed by atoms with Crippen molar-refractivity contribution in [1.29, 1.82) is 0 Å². The molecule has 1 atom stereocenters. The van der Waals surface area contributed by atoms with Crippen LogP contribution in [0.3, 0.4) is 0 Å². The third kappa shape index (κ3) is 4.05. The predicted octanol–water partition coefficient (Wildman–Crippen LogP) is 3.89. The van der Waals surface area contributed by atoms with Gasteiger partial charge < -0.3 is 5.11 Å². The number of hydrogen-bond acceptors (Lipinski definition) is 3. The second-order valence-electron chi connectivity index (χ2n) is 4.87. The Bertz CT molecular complexity index is 685. The van der Waals surface area contributed by atoms with Crippen LogP contribution < -0.4 is 0 Å². The maximum absolute atomic E-state index is 11.0. The molecule has 2 rings (SSSR count). The lowest BCUT2D eigenvalue weighted by Gasteiger charge is -2.08. The summed E-state index contributed by atoms with van der Waals surface area (Å²) in [5, 5.41) is 19.3. The van der Waals surface area contributed by atoms with Gasteiger partial charge in [-0.15, -0.1) is 11.6 Å². The molecule has 0 saturated carbocycles. The maximum atomic E-state index is 11.0. The number of hydrogen-bond donors (Lipinski definition) is 1. The van der Waals surface area contributed by atoms with E-state index in [0.29, 0.717) is 12.0 Å². The average Bonchev–Trinajstić information content (AvgIpc) is 2.47. The van der Waals surface area contributed by atoms with Crippen LogP contribution in [0.2, 0.25) is 0 Å². The van der Waals surface area contributed by atoms with E-state index < -0.39 is 16.3 Å². The molecule has 0 fully saturated rings. The molecule has 114 valence electrons. The van der Waals surface area contributed by atoms with Crippen molar-refractivity contribution in [3.05, 3.63) is 64.2 Å². The van der Waals surface area contributed by atoms with Gasteiger partial charge in [0.1, 0.15) is 0 Å². The number of carbonyl (C=O) groups is 1. The first-order valence-electron chi connectivity index (χ1n) is 6.66. The number of carboxylic acid groups (broad SMARTS) is 1. The van der Waals surface area contributed by atoms with Gasteiger partial charge in [-0.2, -0.15) is 0 Å². The number of nitrogens with zero attached hydrogens (tertiary/aromatic N) is 1. The van der Waals surface area contributed by atoms with Crippen LogP contribution in [0.25, 0.3) is 11.1 Å². The van der Waals surface area contributed by atoms with Crippen LogP contribution in [0.15, 0.2) is 48.5 Å². The third-order valence-corrected chi connectivity index (χ3v) is 3.53. The highest BCUT2D eigenvalue weighted by molar-refractivity contribution is 6.21. The third-order valence-electron chi connectivity index (χ3n) is 3.22. The van der Waals surface area contributed by atoms with Gasteiger partial charge in [0.05, 0.1) is 16.9 Å². The SMILES string of the molecule is O=C(O)CC(Cl)Cc1ccc(-c2ccccc2[N+](=O)[O-])cc1. The molecule has 0 spiro atoms. The van der Waals surface area contributed by atoms with Crippen LogP contribution in [0.4, 0.5) is 5.69 Å². The molecule has 0 radical (unpaired) electrons. The first-order chi connectivity index (χ1) is 10.5. The van der Waals surface area contributed by atoms with Crippen LogP contribution in [-0.4, -0.2) is 21.4 Å². The lowest BCUT2D eigenvalue weighted by Crippen LogP contribution is -2.09. The quantitative estimate of drug-likeness (QED) is 0.497. The highest BCUT2D eigenvalue weighted by atomic mass is 35.5. The zero-order valence-electron chi connectivity index (χ0n) is 11.6. The minimum atomic E-state index is -0.934. The van der Waals surface area contributed by atoms with Gasteiger partial charge in [0.15, 0.2) is 0 Å². The number of alkyl halides is 1. The molecule has 6 heteroatoms. The fourth-order valence-electron chi connectivity index (χ4n) is 2.21. The first-order valence-corrected chi connectivity index (χ1v) is 7.09. The summed E-state index contributed by atoms with van der Waals surface area (Å²) in [6, 6.07) is 13.7. The van der Waals surface area contributed by atoms with Gasteiger partial charge >= 0.3 is 5.97 Å². The number of benzene rings is 2. The predicted molar refractivity (Wildman–Crippen MR) is 84.1 cm³/mol. The number of aliphatic carboxylic acids is 1. The topological polar surface area (TPSA) is 80.4 Å². The van der Waals surface area contributed by atoms with Crippen LogP contribution in [0.5, 0.6) is 0 Å². The number of rotatable bonds is 6. The van der Waals surface area contributed by atoms with Crippen LogP contribution in [-0.2, 0) is 11.2 Å². The Labute approximate surface area is 132 Å². The lowest BCUT2D eigenvalue weighted by molar-refractivity contribution is -0.384. The Morgan fingerprint density at radius 2 is 1.82 bits per heavy atom. The normalized spacial score (nSPS) is 11.9. The molecule has 22 heavy (non-hydrogen) atoms. The van der Waals surface area contributed by atoms with E-state index in [1.807, 2.05) is 12.1 Å². The molecule has 0 bridgehead atoms. The monoisotopic (exact) mass is 319 g/mol. The van der Waals surface area contributed by atoms with Crippen molar-refractivity contribution >= 4 is 23.3 Å². The van der Waals surface area contributed by atoms with Gasteiger partial charge in [0, 0.05) is 11.4 Å². The highest BCUT2D eigenvalue weighted by Gasteiger charge is 2.14. The molecule has 2 aromatic carbocycles. The van der Waals surface area contributed by atoms with Gasteiger partial charge in [-0.25, -0.2) is 0 Å². The van der Waals surface area contributed by atoms with Gasteiger partial charge in [0.25, 0.3) is 5.69 Å². The zero-order valence-corrected chi connectivity index (χ0v) is 12.4. The van der Waals surface area contributed by atoms with E-state index in [2.05, 4.69) is 0 Å². The largest absolute Gasteiger partial charge is 0.481 e. The molecule has 0 aliphatic heterocycles. The first kappa shape index (κ1) is 16.0. The van der Waals surface area contributed by atoms with Crippen molar-refractivity contribution in [3.63, 3.8) is 0 Å². The van der Waals surface area contributed by atoms with E-state index in [1.165, 1.54) is 6.07 Å². The minimum Gasteiger partial charge on any atom is -0.481 e. The number of nitro groups is 1. The second-order valence-corrected chi connectivity index (χ2v) is 5.49. The second kappa shape index (κ2) is 7.04. The number of nitro benzene ring substituents is 1. The maximum Gasteiger partial charge on any atom is 0.304 e. The summed E-state index contributed by atoms with van der Waals surface area (Å²) < 4.78 is 0. The Kier molecular flexibility index (Phi) is 5.12. The van der Waals surface area contributed by atoms with Crippen molar-refractivity contribution in [2.45, 2.75) is 18.2 Å². The summed E-state index contributed by atoms with van der Waals surface area (Å²) in [5.74, 6) is -0.934. The summed E-state index contributed by atoms with van der Waals surface area (Å²) in [4.78, 5) is 21.2.